The predicted octanol–water partition coefficient (Wildman–Crippen LogP) is 4.95. The van der Waals surface area contributed by atoms with Gasteiger partial charge in [-0.3, -0.25) is 4.98 Å². The van der Waals surface area contributed by atoms with Gasteiger partial charge in [-0.25, -0.2) is 4.79 Å². The van der Waals surface area contributed by atoms with E-state index in [0.717, 1.165) is 17.5 Å². The second-order valence-electron chi connectivity index (χ2n) is 6.09. The highest BCUT2D eigenvalue weighted by atomic mass is 16.5. The fourth-order valence-corrected chi connectivity index (χ4v) is 2.90. The maximum Gasteiger partial charge on any atom is 0.341 e. The van der Waals surface area contributed by atoms with Crippen molar-refractivity contribution in [2.75, 3.05) is 25.6 Å². The molecule has 1 heterocycles. The largest absolute Gasteiger partial charge is 0.494 e. The quantitative estimate of drug-likeness (QED) is 0.558. The van der Waals surface area contributed by atoms with Gasteiger partial charge in [-0.05, 0) is 31.5 Å². The lowest BCUT2D eigenvalue weighted by molar-refractivity contribution is 0.0527. The fourth-order valence-electron chi connectivity index (χ4n) is 2.90. The Morgan fingerprint density at radius 3 is 2.61 bits per heavy atom. The van der Waals surface area contributed by atoms with Crippen molar-refractivity contribution in [2.24, 2.45) is 0 Å². The first-order chi connectivity index (χ1) is 13.7. The molecule has 0 bridgehead atoms. The Morgan fingerprint density at radius 1 is 1.07 bits per heavy atom. The molecule has 1 aromatic heterocycles. The molecule has 3 rings (SSSR count). The van der Waals surface area contributed by atoms with Crippen LogP contribution in [0.3, 0.4) is 0 Å². The van der Waals surface area contributed by atoms with Gasteiger partial charge in [-0.15, -0.1) is 0 Å². The number of nitrogens with one attached hydrogen (secondary N) is 1. The number of anilines is 2. The topological polar surface area (TPSA) is 69.7 Å². The molecular formula is C22H24N2O4. The summed E-state index contributed by atoms with van der Waals surface area (Å²) in [5.41, 5.74) is 2.38. The Kier molecular flexibility index (Phi) is 6.32. The Morgan fingerprint density at radius 2 is 1.86 bits per heavy atom. The minimum Gasteiger partial charge on any atom is -0.494 e. The Labute approximate surface area is 164 Å². The van der Waals surface area contributed by atoms with Crippen molar-refractivity contribution < 1.29 is 19.0 Å². The van der Waals surface area contributed by atoms with E-state index in [1.807, 2.05) is 42.5 Å². The number of nitrogens with zero attached hydrogens (tertiary/aromatic N) is 1. The van der Waals surface area contributed by atoms with E-state index >= 15 is 0 Å². The van der Waals surface area contributed by atoms with Crippen molar-refractivity contribution in [3.8, 4) is 11.5 Å². The van der Waals surface area contributed by atoms with E-state index in [1.54, 1.807) is 14.0 Å². The van der Waals surface area contributed by atoms with Crippen LogP contribution in [0, 0.1) is 0 Å². The summed E-state index contributed by atoms with van der Waals surface area (Å²) in [7, 11) is 1.59. The average molecular weight is 380 g/mol. The molecule has 0 fully saturated rings. The van der Waals surface area contributed by atoms with Gasteiger partial charge >= 0.3 is 5.97 Å². The summed E-state index contributed by atoms with van der Waals surface area (Å²) in [5, 5.41) is 4.12. The van der Waals surface area contributed by atoms with Crippen LogP contribution in [0.5, 0.6) is 11.5 Å². The maximum atomic E-state index is 12.5. The number of esters is 1. The number of methoxy groups -OCH3 is 1. The molecule has 0 aliphatic rings. The monoisotopic (exact) mass is 380 g/mol. The van der Waals surface area contributed by atoms with Crippen molar-refractivity contribution in [2.45, 2.75) is 20.3 Å². The Hall–Kier alpha value is -3.28. The zero-order valence-corrected chi connectivity index (χ0v) is 16.3. The van der Waals surface area contributed by atoms with Gasteiger partial charge < -0.3 is 19.5 Å². The summed E-state index contributed by atoms with van der Waals surface area (Å²) in [6, 6.07) is 13.2. The zero-order valence-electron chi connectivity index (χ0n) is 16.3. The second-order valence-corrected chi connectivity index (χ2v) is 6.09. The molecule has 28 heavy (non-hydrogen) atoms. The minimum absolute atomic E-state index is 0.282. The molecule has 0 unspecified atom stereocenters. The first-order valence-corrected chi connectivity index (χ1v) is 9.31. The molecule has 2 aromatic carbocycles. The van der Waals surface area contributed by atoms with Crippen LogP contribution in [0.4, 0.5) is 11.4 Å². The zero-order chi connectivity index (χ0) is 19.9. The highest BCUT2D eigenvalue weighted by Crippen LogP contribution is 2.36. The lowest BCUT2D eigenvalue weighted by Crippen LogP contribution is -2.10. The van der Waals surface area contributed by atoms with Crippen LogP contribution in [0.25, 0.3) is 10.9 Å². The van der Waals surface area contributed by atoms with E-state index in [2.05, 4.69) is 17.2 Å². The van der Waals surface area contributed by atoms with Crippen molar-refractivity contribution in [1.82, 2.24) is 4.98 Å². The van der Waals surface area contributed by atoms with Gasteiger partial charge in [-0.1, -0.05) is 31.2 Å². The van der Waals surface area contributed by atoms with Crippen molar-refractivity contribution >= 4 is 28.2 Å². The van der Waals surface area contributed by atoms with Crippen molar-refractivity contribution in [1.29, 1.82) is 0 Å². The predicted molar refractivity (Wildman–Crippen MR) is 110 cm³/mol. The third-order valence-electron chi connectivity index (χ3n) is 4.18. The molecule has 1 N–H and O–H groups in total. The number of carbonyl (C=O) groups excluding carboxylic acids is 1. The maximum absolute atomic E-state index is 12.5. The standard InChI is InChI=1S/C22H24N2O4/c1-4-13-28-18-11-7-6-10-17(18)24-20-15-9-8-12-19(26-3)21(15)23-14-16(20)22(25)27-5-2/h6-12,14H,4-5,13H2,1-3H3,(H,23,24). The molecule has 6 nitrogen and oxygen atoms in total. The van der Waals surface area contributed by atoms with Crippen LogP contribution in [0.1, 0.15) is 30.6 Å². The van der Waals surface area contributed by atoms with Gasteiger partial charge in [0.15, 0.2) is 0 Å². The van der Waals surface area contributed by atoms with Gasteiger partial charge in [0.25, 0.3) is 0 Å². The molecule has 0 atom stereocenters. The highest BCUT2D eigenvalue weighted by molar-refractivity contribution is 6.07. The molecule has 0 aliphatic carbocycles. The van der Waals surface area contributed by atoms with Gasteiger partial charge in [-0.2, -0.15) is 0 Å². The second kappa shape index (κ2) is 9.08. The Bertz CT molecular complexity index is 972. The number of hydrogen-bond donors (Lipinski definition) is 1. The number of pyridine rings is 1. The number of carbonyl (C=O) groups is 1. The van der Waals surface area contributed by atoms with E-state index in [1.165, 1.54) is 6.20 Å². The van der Waals surface area contributed by atoms with Crippen LogP contribution >= 0.6 is 0 Å². The molecule has 0 amide bonds. The molecule has 0 radical (unpaired) electrons. The lowest BCUT2D eigenvalue weighted by atomic mass is 10.1. The van der Waals surface area contributed by atoms with E-state index < -0.39 is 5.97 Å². The van der Waals surface area contributed by atoms with Gasteiger partial charge in [0.05, 0.1) is 31.7 Å². The number of ether oxygens (including phenoxy) is 3. The first kappa shape index (κ1) is 19.5. The number of benzene rings is 2. The van der Waals surface area contributed by atoms with Crippen LogP contribution in [-0.2, 0) is 4.74 Å². The molecule has 3 aromatic rings. The fraction of sp³-hybridized carbons (Fsp3) is 0.273. The van der Waals surface area contributed by atoms with Crippen LogP contribution in [0.2, 0.25) is 0 Å². The van der Waals surface area contributed by atoms with Crippen LogP contribution in [0.15, 0.2) is 48.7 Å². The summed E-state index contributed by atoms with van der Waals surface area (Å²) in [6.07, 6.45) is 2.42. The van der Waals surface area contributed by atoms with E-state index in [4.69, 9.17) is 14.2 Å². The SMILES string of the molecule is CCCOc1ccccc1Nc1c(C(=O)OCC)cnc2c(OC)cccc12. The van der Waals surface area contributed by atoms with Gasteiger partial charge in [0.2, 0.25) is 0 Å². The number of para-hydroxylation sites is 3. The molecular weight excluding hydrogens is 356 g/mol. The molecule has 0 saturated carbocycles. The molecule has 0 saturated heterocycles. The lowest BCUT2D eigenvalue weighted by Gasteiger charge is -2.17. The first-order valence-electron chi connectivity index (χ1n) is 9.31. The average Bonchev–Trinajstić information content (AvgIpc) is 2.73. The molecule has 0 spiro atoms. The highest BCUT2D eigenvalue weighted by Gasteiger charge is 2.19. The normalized spacial score (nSPS) is 10.5. The van der Waals surface area contributed by atoms with Crippen LogP contribution < -0.4 is 14.8 Å². The molecule has 146 valence electrons. The summed E-state index contributed by atoms with van der Waals surface area (Å²) < 4.78 is 16.5. The van der Waals surface area contributed by atoms with Crippen molar-refractivity contribution in [3.63, 3.8) is 0 Å². The number of rotatable bonds is 8. The third kappa shape index (κ3) is 4.01. The van der Waals surface area contributed by atoms with Crippen LogP contribution in [-0.4, -0.2) is 31.3 Å². The number of hydrogen-bond acceptors (Lipinski definition) is 6. The van der Waals surface area contributed by atoms with E-state index in [-0.39, 0.29) is 6.61 Å². The van der Waals surface area contributed by atoms with Gasteiger partial charge in [0, 0.05) is 11.6 Å². The number of fused-ring (bicyclic) bond motifs is 1. The van der Waals surface area contributed by atoms with Crippen molar-refractivity contribution in [3.05, 3.63) is 54.2 Å². The van der Waals surface area contributed by atoms with E-state index in [9.17, 15) is 4.79 Å². The molecule has 0 aliphatic heterocycles. The van der Waals surface area contributed by atoms with E-state index in [0.29, 0.717) is 34.9 Å². The summed E-state index contributed by atoms with van der Waals surface area (Å²) >= 11 is 0. The summed E-state index contributed by atoms with van der Waals surface area (Å²) in [5.74, 6) is 0.910. The summed E-state index contributed by atoms with van der Waals surface area (Å²) in [6.45, 7) is 4.72. The van der Waals surface area contributed by atoms with Gasteiger partial charge in [0.1, 0.15) is 22.6 Å². The summed E-state index contributed by atoms with van der Waals surface area (Å²) in [4.78, 5) is 17.0. The smallest absolute Gasteiger partial charge is 0.341 e. The molecule has 6 heteroatoms. The minimum atomic E-state index is -0.436. The Balaban J connectivity index is 2.15. The third-order valence-corrected chi connectivity index (χ3v) is 4.18. The number of aromatic nitrogens is 1.